The molecule has 16 heavy (non-hydrogen) atoms. The first-order valence-corrected chi connectivity index (χ1v) is 5.22. The van der Waals surface area contributed by atoms with Gasteiger partial charge in [-0.05, 0) is 18.4 Å². The van der Waals surface area contributed by atoms with Crippen molar-refractivity contribution in [2.75, 3.05) is 6.61 Å². The fourth-order valence-corrected chi connectivity index (χ4v) is 1.73. The van der Waals surface area contributed by atoms with Gasteiger partial charge in [0.25, 0.3) is 0 Å². The molecule has 0 aliphatic carbocycles. The standard InChI is InChI=1S/C12H14N2O2/c1-2-16-12(15)10(13)9-5-3-4-8-6-7-14-11(8)9/h3-7,10,14H,2,13H2,1H3. The molecule has 1 unspecified atom stereocenters. The van der Waals surface area contributed by atoms with Crippen LogP contribution in [0.5, 0.6) is 0 Å². The second kappa shape index (κ2) is 4.37. The summed E-state index contributed by atoms with van der Waals surface area (Å²) in [5.41, 5.74) is 7.51. The maximum Gasteiger partial charge on any atom is 0.327 e. The molecule has 0 aliphatic rings. The van der Waals surface area contributed by atoms with Crippen LogP contribution in [0.25, 0.3) is 10.9 Å². The van der Waals surface area contributed by atoms with Crippen molar-refractivity contribution < 1.29 is 9.53 Å². The Morgan fingerprint density at radius 3 is 3.06 bits per heavy atom. The molecular weight excluding hydrogens is 204 g/mol. The van der Waals surface area contributed by atoms with Gasteiger partial charge < -0.3 is 15.5 Å². The van der Waals surface area contributed by atoms with Gasteiger partial charge in [0.1, 0.15) is 6.04 Å². The summed E-state index contributed by atoms with van der Waals surface area (Å²) < 4.78 is 4.91. The Kier molecular flexibility index (Phi) is 2.92. The molecule has 1 aromatic heterocycles. The molecule has 0 fully saturated rings. The van der Waals surface area contributed by atoms with E-state index in [1.807, 2.05) is 30.5 Å². The molecule has 0 spiro atoms. The quantitative estimate of drug-likeness (QED) is 0.771. The van der Waals surface area contributed by atoms with Crippen LogP contribution >= 0.6 is 0 Å². The number of fused-ring (bicyclic) bond motifs is 1. The fraction of sp³-hybridized carbons (Fsp3) is 0.250. The number of carbonyl (C=O) groups excluding carboxylic acids is 1. The average molecular weight is 218 g/mol. The monoisotopic (exact) mass is 218 g/mol. The second-order valence-electron chi connectivity index (χ2n) is 3.52. The summed E-state index contributed by atoms with van der Waals surface area (Å²) in [6.45, 7) is 2.10. The number of ether oxygens (including phenoxy) is 1. The van der Waals surface area contributed by atoms with E-state index in [2.05, 4.69) is 4.98 Å². The number of carbonyl (C=O) groups is 1. The molecule has 3 N–H and O–H groups in total. The highest BCUT2D eigenvalue weighted by Gasteiger charge is 2.19. The lowest BCUT2D eigenvalue weighted by atomic mass is 10.1. The minimum atomic E-state index is -0.734. The molecule has 4 nitrogen and oxygen atoms in total. The van der Waals surface area contributed by atoms with Gasteiger partial charge in [0.05, 0.1) is 12.1 Å². The summed E-state index contributed by atoms with van der Waals surface area (Å²) in [7, 11) is 0. The van der Waals surface area contributed by atoms with Crippen molar-refractivity contribution in [1.29, 1.82) is 0 Å². The van der Waals surface area contributed by atoms with Crippen LogP contribution in [0.2, 0.25) is 0 Å². The molecule has 2 aromatic rings. The largest absolute Gasteiger partial charge is 0.465 e. The van der Waals surface area contributed by atoms with Gasteiger partial charge in [0.15, 0.2) is 0 Å². The number of aromatic amines is 1. The zero-order valence-electron chi connectivity index (χ0n) is 9.07. The van der Waals surface area contributed by atoms with Crippen molar-refractivity contribution >= 4 is 16.9 Å². The summed E-state index contributed by atoms with van der Waals surface area (Å²) >= 11 is 0. The zero-order valence-corrected chi connectivity index (χ0v) is 9.07. The Bertz CT molecular complexity index is 504. The van der Waals surface area contributed by atoms with Crippen LogP contribution in [0.1, 0.15) is 18.5 Å². The molecule has 0 radical (unpaired) electrons. The van der Waals surface area contributed by atoms with E-state index < -0.39 is 12.0 Å². The van der Waals surface area contributed by atoms with Crippen LogP contribution in [0, 0.1) is 0 Å². The zero-order chi connectivity index (χ0) is 11.5. The molecule has 0 aliphatic heterocycles. The van der Waals surface area contributed by atoms with Crippen LogP contribution in [0.3, 0.4) is 0 Å². The van der Waals surface area contributed by atoms with Crippen molar-refractivity contribution in [3.63, 3.8) is 0 Å². The number of para-hydroxylation sites is 1. The molecule has 1 heterocycles. The van der Waals surface area contributed by atoms with Gasteiger partial charge in [-0.25, -0.2) is 4.79 Å². The number of H-pyrrole nitrogens is 1. The Balaban J connectivity index is 2.39. The Labute approximate surface area is 93.4 Å². The average Bonchev–Trinajstić information content (AvgIpc) is 2.76. The second-order valence-corrected chi connectivity index (χ2v) is 3.52. The van der Waals surface area contributed by atoms with Gasteiger partial charge in [0.2, 0.25) is 0 Å². The lowest BCUT2D eigenvalue weighted by Gasteiger charge is -2.11. The van der Waals surface area contributed by atoms with Gasteiger partial charge in [-0.2, -0.15) is 0 Å². The fourth-order valence-electron chi connectivity index (χ4n) is 1.73. The van der Waals surface area contributed by atoms with E-state index >= 15 is 0 Å². The van der Waals surface area contributed by atoms with E-state index in [-0.39, 0.29) is 0 Å². The highest BCUT2D eigenvalue weighted by molar-refractivity contribution is 5.88. The first-order chi connectivity index (χ1) is 7.74. The summed E-state index contributed by atoms with van der Waals surface area (Å²) in [6.07, 6.45) is 1.83. The van der Waals surface area contributed by atoms with Crippen molar-refractivity contribution in [1.82, 2.24) is 4.98 Å². The SMILES string of the molecule is CCOC(=O)C(N)c1cccc2cc[nH]c12. The van der Waals surface area contributed by atoms with Crippen molar-refractivity contribution in [3.8, 4) is 0 Å². The first kappa shape index (κ1) is 10.7. The molecule has 1 atom stereocenters. The molecule has 0 amide bonds. The predicted octanol–water partition coefficient (Wildman–Crippen LogP) is 1.73. The predicted molar refractivity (Wildman–Crippen MR) is 61.9 cm³/mol. The summed E-state index contributed by atoms with van der Waals surface area (Å²) in [5, 5.41) is 1.04. The van der Waals surface area contributed by atoms with E-state index in [9.17, 15) is 4.79 Å². The number of hydrogen-bond donors (Lipinski definition) is 2. The van der Waals surface area contributed by atoms with Crippen LogP contribution in [0.4, 0.5) is 0 Å². The van der Waals surface area contributed by atoms with E-state index in [1.165, 1.54) is 0 Å². The van der Waals surface area contributed by atoms with Crippen LogP contribution in [-0.4, -0.2) is 17.6 Å². The molecular formula is C12H14N2O2. The third kappa shape index (κ3) is 1.79. The summed E-state index contributed by atoms with van der Waals surface area (Å²) in [5.74, 6) is -0.399. The third-order valence-electron chi connectivity index (χ3n) is 2.50. The number of rotatable bonds is 3. The third-order valence-corrected chi connectivity index (χ3v) is 2.50. The molecule has 0 bridgehead atoms. The highest BCUT2D eigenvalue weighted by Crippen LogP contribution is 2.22. The molecule has 0 saturated heterocycles. The van der Waals surface area contributed by atoms with Crippen LogP contribution in [-0.2, 0) is 9.53 Å². The minimum absolute atomic E-state index is 0.341. The minimum Gasteiger partial charge on any atom is -0.465 e. The maximum absolute atomic E-state index is 11.5. The Hall–Kier alpha value is -1.81. The van der Waals surface area contributed by atoms with Crippen molar-refractivity contribution in [2.24, 2.45) is 5.73 Å². The normalized spacial score (nSPS) is 12.6. The van der Waals surface area contributed by atoms with E-state index in [1.54, 1.807) is 6.92 Å². The van der Waals surface area contributed by atoms with Crippen LogP contribution in [0.15, 0.2) is 30.5 Å². The number of esters is 1. The number of hydrogen-bond acceptors (Lipinski definition) is 3. The van der Waals surface area contributed by atoms with E-state index in [4.69, 9.17) is 10.5 Å². The van der Waals surface area contributed by atoms with Gasteiger partial charge >= 0.3 is 5.97 Å². The molecule has 84 valence electrons. The van der Waals surface area contributed by atoms with Gasteiger partial charge in [-0.1, -0.05) is 18.2 Å². The topological polar surface area (TPSA) is 68.1 Å². The Morgan fingerprint density at radius 2 is 2.31 bits per heavy atom. The molecule has 2 rings (SSSR count). The highest BCUT2D eigenvalue weighted by atomic mass is 16.5. The molecule has 1 aromatic carbocycles. The number of aromatic nitrogens is 1. The molecule has 0 saturated carbocycles. The first-order valence-electron chi connectivity index (χ1n) is 5.22. The Morgan fingerprint density at radius 1 is 1.50 bits per heavy atom. The number of benzene rings is 1. The maximum atomic E-state index is 11.5. The van der Waals surface area contributed by atoms with Crippen molar-refractivity contribution in [2.45, 2.75) is 13.0 Å². The summed E-state index contributed by atoms with van der Waals surface area (Å²) in [6, 6.07) is 6.89. The van der Waals surface area contributed by atoms with Gasteiger partial charge in [0, 0.05) is 11.8 Å². The number of nitrogens with two attached hydrogens (primary N) is 1. The lowest BCUT2D eigenvalue weighted by Crippen LogP contribution is -2.23. The molecule has 4 heteroatoms. The number of nitrogens with one attached hydrogen (secondary N) is 1. The lowest BCUT2D eigenvalue weighted by molar-refractivity contribution is -0.144. The van der Waals surface area contributed by atoms with E-state index in [0.717, 1.165) is 16.5 Å². The van der Waals surface area contributed by atoms with Gasteiger partial charge in [-0.15, -0.1) is 0 Å². The van der Waals surface area contributed by atoms with Gasteiger partial charge in [-0.3, -0.25) is 0 Å². The summed E-state index contributed by atoms with van der Waals surface area (Å²) in [4.78, 5) is 14.6. The van der Waals surface area contributed by atoms with E-state index in [0.29, 0.717) is 6.61 Å². The smallest absolute Gasteiger partial charge is 0.327 e. The van der Waals surface area contributed by atoms with Crippen LogP contribution < -0.4 is 5.73 Å². The van der Waals surface area contributed by atoms with Crippen molar-refractivity contribution in [3.05, 3.63) is 36.0 Å².